The van der Waals surface area contributed by atoms with Crippen molar-refractivity contribution < 1.29 is 14.3 Å². The summed E-state index contributed by atoms with van der Waals surface area (Å²) < 4.78 is 5.34. The fourth-order valence-electron chi connectivity index (χ4n) is 2.58. The van der Waals surface area contributed by atoms with E-state index in [1.165, 1.54) is 0 Å². The minimum atomic E-state index is -0.599. The van der Waals surface area contributed by atoms with Crippen LogP contribution in [-0.4, -0.2) is 11.8 Å². The minimum absolute atomic E-state index is 0.0313. The lowest BCUT2D eigenvalue weighted by molar-refractivity contribution is 0.0470. The minimum Gasteiger partial charge on any atom is -0.457 e. The molecule has 4 nitrogen and oxygen atoms in total. The molecule has 4 heteroatoms. The molecular formula is C22H15NO3. The van der Waals surface area contributed by atoms with Gasteiger partial charge in [0.2, 0.25) is 0 Å². The normalized spacial score (nSPS) is 9.96. The van der Waals surface area contributed by atoms with Crippen LogP contribution in [0.15, 0.2) is 78.9 Å². The van der Waals surface area contributed by atoms with Crippen LogP contribution >= 0.6 is 0 Å². The third-order valence-corrected chi connectivity index (χ3v) is 3.92. The number of rotatable bonds is 5. The average molecular weight is 341 g/mol. The molecule has 0 atom stereocenters. The van der Waals surface area contributed by atoms with Gasteiger partial charge in [0.1, 0.15) is 6.61 Å². The number of benzene rings is 3. The molecule has 126 valence electrons. The van der Waals surface area contributed by atoms with Gasteiger partial charge in [-0.2, -0.15) is 5.26 Å². The highest BCUT2D eigenvalue weighted by atomic mass is 16.5. The van der Waals surface area contributed by atoms with Crippen molar-refractivity contribution in [3.05, 3.63) is 107 Å². The highest BCUT2D eigenvalue weighted by molar-refractivity contribution is 6.14. The van der Waals surface area contributed by atoms with Gasteiger partial charge in [0.25, 0.3) is 0 Å². The van der Waals surface area contributed by atoms with E-state index in [-0.39, 0.29) is 23.5 Å². The number of ether oxygens (including phenoxy) is 1. The molecule has 0 aliphatic rings. The lowest BCUT2D eigenvalue weighted by atomic mass is 9.98. The van der Waals surface area contributed by atoms with Crippen molar-refractivity contribution in [1.82, 2.24) is 0 Å². The second-order valence-corrected chi connectivity index (χ2v) is 5.59. The van der Waals surface area contributed by atoms with Gasteiger partial charge in [0.15, 0.2) is 5.78 Å². The zero-order valence-electron chi connectivity index (χ0n) is 13.9. The van der Waals surface area contributed by atoms with Crippen molar-refractivity contribution in [2.75, 3.05) is 0 Å². The lowest BCUT2D eigenvalue weighted by Gasteiger charge is -2.10. The van der Waals surface area contributed by atoms with Crippen molar-refractivity contribution >= 4 is 11.8 Å². The molecule has 0 aromatic heterocycles. The number of carbonyl (C=O) groups excluding carboxylic acids is 2. The van der Waals surface area contributed by atoms with Crippen LogP contribution in [0.4, 0.5) is 0 Å². The third-order valence-electron chi connectivity index (χ3n) is 3.92. The molecule has 0 bridgehead atoms. The zero-order chi connectivity index (χ0) is 18.4. The Balaban J connectivity index is 1.83. The molecule has 3 rings (SSSR count). The summed E-state index contributed by atoms with van der Waals surface area (Å²) in [6, 6.07) is 24.3. The number of nitrogens with zero attached hydrogens (tertiary/aromatic N) is 1. The largest absolute Gasteiger partial charge is 0.457 e. The third kappa shape index (κ3) is 3.68. The van der Waals surface area contributed by atoms with Crippen LogP contribution in [0.5, 0.6) is 0 Å². The molecule has 26 heavy (non-hydrogen) atoms. The Kier molecular flexibility index (Phi) is 5.21. The molecule has 0 unspecified atom stereocenters. The van der Waals surface area contributed by atoms with Gasteiger partial charge in [0, 0.05) is 16.7 Å². The average Bonchev–Trinajstić information content (AvgIpc) is 2.72. The summed E-state index contributed by atoms with van der Waals surface area (Å²) >= 11 is 0. The maximum absolute atomic E-state index is 12.7. The Bertz CT molecular complexity index is 988. The first-order valence-electron chi connectivity index (χ1n) is 8.04. The molecule has 0 aliphatic heterocycles. The Hall–Kier alpha value is -3.71. The standard InChI is InChI=1S/C22H15NO3/c23-14-17-10-4-5-11-18(17)15-26-22(25)20-13-7-6-12-19(20)21(24)16-8-2-1-3-9-16/h1-13H,15H2. The number of nitriles is 1. The van der Waals surface area contributed by atoms with Crippen molar-refractivity contribution in [1.29, 1.82) is 5.26 Å². The summed E-state index contributed by atoms with van der Waals surface area (Å²) in [6.45, 7) is -0.0313. The second kappa shape index (κ2) is 7.91. The number of carbonyl (C=O) groups is 2. The van der Waals surface area contributed by atoms with E-state index in [0.717, 1.165) is 0 Å². The molecule has 3 aromatic rings. The fourth-order valence-corrected chi connectivity index (χ4v) is 2.58. The summed E-state index contributed by atoms with van der Waals surface area (Å²) in [5.74, 6) is -0.840. The van der Waals surface area contributed by atoms with Gasteiger partial charge in [-0.05, 0) is 12.1 Å². The predicted molar refractivity (Wildman–Crippen MR) is 96.6 cm³/mol. The monoisotopic (exact) mass is 341 g/mol. The lowest BCUT2D eigenvalue weighted by Crippen LogP contribution is -2.13. The van der Waals surface area contributed by atoms with Gasteiger partial charge in [-0.15, -0.1) is 0 Å². The molecule has 0 saturated carbocycles. The zero-order valence-corrected chi connectivity index (χ0v) is 13.9. The van der Waals surface area contributed by atoms with E-state index < -0.39 is 5.97 Å². The first-order chi connectivity index (χ1) is 12.7. The van der Waals surface area contributed by atoms with E-state index in [9.17, 15) is 9.59 Å². The number of hydrogen-bond acceptors (Lipinski definition) is 4. The van der Waals surface area contributed by atoms with E-state index in [1.54, 1.807) is 72.8 Å². The maximum atomic E-state index is 12.7. The van der Waals surface area contributed by atoms with Crippen molar-refractivity contribution in [2.24, 2.45) is 0 Å². The predicted octanol–water partition coefficient (Wildman–Crippen LogP) is 4.15. The van der Waals surface area contributed by atoms with Crippen LogP contribution in [0, 0.1) is 11.3 Å². The molecule has 0 N–H and O–H groups in total. The van der Waals surface area contributed by atoms with Gasteiger partial charge in [-0.25, -0.2) is 4.79 Å². The van der Waals surface area contributed by atoms with Crippen LogP contribution in [0.3, 0.4) is 0 Å². The van der Waals surface area contributed by atoms with Crippen LogP contribution in [0.2, 0.25) is 0 Å². The molecule has 0 spiro atoms. The first-order valence-corrected chi connectivity index (χ1v) is 8.04. The first kappa shape index (κ1) is 17.1. The second-order valence-electron chi connectivity index (χ2n) is 5.59. The van der Waals surface area contributed by atoms with E-state index in [0.29, 0.717) is 16.7 Å². The molecule has 0 fully saturated rings. The topological polar surface area (TPSA) is 67.2 Å². The van der Waals surface area contributed by atoms with E-state index in [2.05, 4.69) is 6.07 Å². The quantitative estimate of drug-likeness (QED) is 0.516. The van der Waals surface area contributed by atoms with Gasteiger partial charge >= 0.3 is 5.97 Å². The van der Waals surface area contributed by atoms with Gasteiger partial charge < -0.3 is 4.74 Å². The van der Waals surface area contributed by atoms with Crippen molar-refractivity contribution in [2.45, 2.75) is 6.61 Å². The summed E-state index contributed by atoms with van der Waals surface area (Å²) in [7, 11) is 0. The molecule has 0 heterocycles. The Morgan fingerprint density at radius 3 is 2.15 bits per heavy atom. The fraction of sp³-hybridized carbons (Fsp3) is 0.0455. The van der Waals surface area contributed by atoms with E-state index >= 15 is 0 Å². The van der Waals surface area contributed by atoms with Crippen molar-refractivity contribution in [3.63, 3.8) is 0 Å². The van der Waals surface area contributed by atoms with Crippen LogP contribution in [0.25, 0.3) is 0 Å². The maximum Gasteiger partial charge on any atom is 0.339 e. The molecule has 0 amide bonds. The summed E-state index contributed by atoms with van der Waals surface area (Å²) in [4.78, 5) is 25.2. The van der Waals surface area contributed by atoms with Gasteiger partial charge in [-0.1, -0.05) is 66.7 Å². The SMILES string of the molecule is N#Cc1ccccc1COC(=O)c1ccccc1C(=O)c1ccccc1. The van der Waals surface area contributed by atoms with Crippen LogP contribution in [-0.2, 0) is 11.3 Å². The van der Waals surface area contributed by atoms with E-state index in [1.807, 2.05) is 6.07 Å². The Morgan fingerprint density at radius 1 is 0.808 bits per heavy atom. The van der Waals surface area contributed by atoms with Crippen molar-refractivity contribution in [3.8, 4) is 6.07 Å². The summed E-state index contributed by atoms with van der Waals surface area (Å²) in [5, 5.41) is 9.11. The van der Waals surface area contributed by atoms with Gasteiger partial charge in [0.05, 0.1) is 17.2 Å². The highest BCUT2D eigenvalue weighted by Crippen LogP contribution is 2.17. The smallest absolute Gasteiger partial charge is 0.339 e. The number of esters is 1. The Labute approximate surface area is 151 Å². The summed E-state index contributed by atoms with van der Waals surface area (Å²) in [6.07, 6.45) is 0. The molecular weight excluding hydrogens is 326 g/mol. The number of ketones is 1. The molecule has 0 aliphatic carbocycles. The summed E-state index contributed by atoms with van der Waals surface area (Å²) in [5.41, 5.74) is 2.07. The Morgan fingerprint density at radius 2 is 1.42 bits per heavy atom. The van der Waals surface area contributed by atoms with E-state index in [4.69, 9.17) is 10.00 Å². The van der Waals surface area contributed by atoms with Crippen LogP contribution < -0.4 is 0 Å². The molecule has 0 radical (unpaired) electrons. The van der Waals surface area contributed by atoms with Gasteiger partial charge in [-0.3, -0.25) is 4.79 Å². The highest BCUT2D eigenvalue weighted by Gasteiger charge is 2.19. The molecule has 3 aromatic carbocycles. The van der Waals surface area contributed by atoms with Crippen LogP contribution in [0.1, 0.15) is 37.4 Å². The molecule has 0 saturated heterocycles. The number of hydrogen-bond donors (Lipinski definition) is 0.